The molecule has 1 aromatic carbocycles. The van der Waals surface area contributed by atoms with Gasteiger partial charge in [0.05, 0.1) is 18.8 Å². The van der Waals surface area contributed by atoms with E-state index in [1.807, 2.05) is 58.2 Å². The number of amides is 2. The van der Waals surface area contributed by atoms with Crippen molar-refractivity contribution in [1.29, 1.82) is 0 Å². The first-order valence-corrected chi connectivity index (χ1v) is 10.5. The average molecular weight is 429 g/mol. The van der Waals surface area contributed by atoms with Crippen molar-refractivity contribution in [3.05, 3.63) is 42.2 Å². The first-order chi connectivity index (χ1) is 14.6. The first kappa shape index (κ1) is 22.7. The van der Waals surface area contributed by atoms with Crippen molar-refractivity contribution in [2.24, 2.45) is 5.41 Å². The van der Waals surface area contributed by atoms with E-state index in [1.165, 1.54) is 11.9 Å². The summed E-state index contributed by atoms with van der Waals surface area (Å²) in [7, 11) is 3.50. The molecule has 0 spiro atoms. The quantitative estimate of drug-likeness (QED) is 0.717. The summed E-state index contributed by atoms with van der Waals surface area (Å²) in [6, 6.07) is 8.61. The van der Waals surface area contributed by atoms with E-state index in [9.17, 15) is 14.7 Å². The van der Waals surface area contributed by atoms with Gasteiger partial charge in [0.15, 0.2) is 0 Å². The van der Waals surface area contributed by atoms with Crippen molar-refractivity contribution < 1.29 is 14.7 Å². The summed E-state index contributed by atoms with van der Waals surface area (Å²) in [5.41, 5.74) is 1.31. The minimum atomic E-state index is -0.724. The number of nitrogens with zero attached hydrogens (tertiary/aromatic N) is 5. The maximum Gasteiger partial charge on any atom is 0.248 e. The summed E-state index contributed by atoms with van der Waals surface area (Å²) in [4.78, 5) is 29.4. The minimum Gasteiger partial charge on any atom is -0.391 e. The molecule has 2 aromatic rings. The molecule has 1 aliphatic rings. The Morgan fingerprint density at radius 2 is 1.97 bits per heavy atom. The van der Waals surface area contributed by atoms with Gasteiger partial charge in [0.25, 0.3) is 0 Å². The molecule has 2 unspecified atom stereocenters. The van der Waals surface area contributed by atoms with E-state index in [0.29, 0.717) is 6.54 Å². The molecule has 1 aromatic heterocycles. The van der Waals surface area contributed by atoms with Crippen molar-refractivity contribution in [3.8, 4) is 0 Å². The average Bonchev–Trinajstić information content (AvgIpc) is 3.33. The van der Waals surface area contributed by atoms with Crippen LogP contribution in [0.4, 0.5) is 5.69 Å². The Hall–Kier alpha value is -2.94. The van der Waals surface area contributed by atoms with Crippen LogP contribution < -0.4 is 10.2 Å². The van der Waals surface area contributed by atoms with Crippen molar-refractivity contribution in [2.45, 2.75) is 51.9 Å². The molecule has 31 heavy (non-hydrogen) atoms. The molecule has 3 atom stereocenters. The number of aromatic nitrogens is 3. The Balaban J connectivity index is 1.83. The zero-order chi connectivity index (χ0) is 22.8. The molecule has 2 amide bonds. The van der Waals surface area contributed by atoms with E-state index in [-0.39, 0.29) is 24.8 Å². The molecule has 1 aliphatic heterocycles. The Bertz CT molecular complexity index is 907. The van der Waals surface area contributed by atoms with Gasteiger partial charge in [-0.3, -0.25) is 9.59 Å². The number of para-hydroxylation sites is 1. The van der Waals surface area contributed by atoms with Crippen LogP contribution in [0, 0.1) is 5.41 Å². The molecule has 0 radical (unpaired) electrons. The highest BCUT2D eigenvalue weighted by atomic mass is 16.3. The van der Waals surface area contributed by atoms with Crippen LogP contribution in [0.3, 0.4) is 0 Å². The topological polar surface area (TPSA) is 104 Å². The molecule has 2 heterocycles. The molecule has 9 nitrogen and oxygen atoms in total. The molecule has 0 saturated carbocycles. The van der Waals surface area contributed by atoms with E-state index >= 15 is 0 Å². The van der Waals surface area contributed by atoms with Crippen molar-refractivity contribution in [3.63, 3.8) is 0 Å². The van der Waals surface area contributed by atoms with E-state index in [4.69, 9.17) is 0 Å². The smallest absolute Gasteiger partial charge is 0.248 e. The van der Waals surface area contributed by atoms with Crippen LogP contribution in [-0.2, 0) is 16.1 Å². The highest BCUT2D eigenvalue weighted by Gasteiger charge is 2.45. The lowest BCUT2D eigenvalue weighted by Crippen LogP contribution is -2.49. The number of rotatable bonds is 6. The minimum absolute atomic E-state index is 0.127. The lowest BCUT2D eigenvalue weighted by atomic mass is 9.85. The number of carbonyl (C=O) groups excluding carboxylic acids is 2. The summed E-state index contributed by atoms with van der Waals surface area (Å²) in [5, 5.41) is 21.2. The number of β-amino-alcohol motifs (C(OH)–C–C–N with tert-alkyl or cyclic N) is 1. The van der Waals surface area contributed by atoms with Gasteiger partial charge in [-0.2, -0.15) is 0 Å². The third-order valence-corrected chi connectivity index (χ3v) is 5.58. The number of likely N-dealkylation sites (tertiary alicyclic amines) is 1. The molecule has 1 saturated heterocycles. The van der Waals surface area contributed by atoms with Gasteiger partial charge in [0.2, 0.25) is 11.8 Å². The van der Waals surface area contributed by atoms with Gasteiger partial charge in [-0.25, -0.2) is 4.68 Å². The van der Waals surface area contributed by atoms with E-state index in [2.05, 4.69) is 20.5 Å². The molecule has 0 bridgehead atoms. The summed E-state index contributed by atoms with van der Waals surface area (Å²) in [6.45, 7) is 6.53. The van der Waals surface area contributed by atoms with E-state index < -0.39 is 23.6 Å². The first-order valence-electron chi connectivity index (χ1n) is 10.5. The predicted molar refractivity (Wildman–Crippen MR) is 117 cm³/mol. The van der Waals surface area contributed by atoms with Crippen LogP contribution in [0.1, 0.15) is 38.9 Å². The number of nitrogens with one attached hydrogen (secondary N) is 1. The standard InChI is InChI=1S/C22H32N6O3/c1-22(2,3)19(21(31)27-14-17(29)11-18(27)20(30)23-4)28-13-15(24-25-28)12-26(5)16-9-7-6-8-10-16/h6-10,13,17-19,29H,11-12,14H2,1-5H3,(H,23,30)/t17?,18-,19?/m1/s1. The van der Waals surface area contributed by atoms with Crippen molar-refractivity contribution in [1.82, 2.24) is 25.2 Å². The Morgan fingerprint density at radius 1 is 1.29 bits per heavy atom. The molecule has 1 fully saturated rings. The van der Waals surface area contributed by atoms with Gasteiger partial charge >= 0.3 is 0 Å². The maximum absolute atomic E-state index is 13.6. The summed E-state index contributed by atoms with van der Waals surface area (Å²) in [6.07, 6.45) is 1.29. The number of hydrogen-bond donors (Lipinski definition) is 2. The second-order valence-electron chi connectivity index (χ2n) is 9.16. The number of benzene rings is 1. The largest absolute Gasteiger partial charge is 0.391 e. The van der Waals surface area contributed by atoms with Crippen LogP contribution in [0.5, 0.6) is 0 Å². The Labute approximate surface area is 183 Å². The summed E-state index contributed by atoms with van der Waals surface area (Å²) in [5.74, 6) is -0.521. The van der Waals surface area contributed by atoms with Crippen LogP contribution in [0.25, 0.3) is 0 Å². The lowest BCUT2D eigenvalue weighted by Gasteiger charge is -2.34. The molecule has 2 N–H and O–H groups in total. The van der Waals surface area contributed by atoms with Crippen LogP contribution in [0.15, 0.2) is 36.5 Å². The van der Waals surface area contributed by atoms with Crippen LogP contribution in [0.2, 0.25) is 0 Å². The van der Waals surface area contributed by atoms with Crippen LogP contribution in [-0.4, -0.2) is 69.6 Å². The van der Waals surface area contributed by atoms with Gasteiger partial charge in [0.1, 0.15) is 17.8 Å². The third kappa shape index (κ3) is 5.04. The highest BCUT2D eigenvalue weighted by Crippen LogP contribution is 2.34. The van der Waals surface area contributed by atoms with Gasteiger partial charge in [-0.15, -0.1) is 5.10 Å². The number of anilines is 1. The lowest BCUT2D eigenvalue weighted by molar-refractivity contribution is -0.144. The number of carbonyl (C=O) groups is 2. The zero-order valence-electron chi connectivity index (χ0n) is 18.8. The number of aliphatic hydroxyl groups is 1. The molecule has 168 valence electrons. The van der Waals surface area contributed by atoms with Gasteiger partial charge in [0, 0.05) is 32.7 Å². The number of aliphatic hydroxyl groups excluding tert-OH is 1. The Morgan fingerprint density at radius 3 is 2.58 bits per heavy atom. The number of hydrogen-bond acceptors (Lipinski definition) is 6. The summed E-state index contributed by atoms with van der Waals surface area (Å²) >= 11 is 0. The fraction of sp³-hybridized carbons (Fsp3) is 0.545. The molecule has 0 aliphatic carbocycles. The number of likely N-dealkylation sites (N-methyl/N-ethyl adjacent to an activating group) is 1. The second-order valence-corrected chi connectivity index (χ2v) is 9.16. The predicted octanol–water partition coefficient (Wildman–Crippen LogP) is 1.21. The Kier molecular flexibility index (Phi) is 6.64. The molecular formula is C22H32N6O3. The fourth-order valence-corrected chi connectivity index (χ4v) is 4.04. The zero-order valence-corrected chi connectivity index (χ0v) is 18.8. The SMILES string of the molecule is CNC(=O)[C@H]1CC(O)CN1C(=O)C(n1cc(CN(C)c2ccccc2)nn1)C(C)(C)C. The molecule has 9 heteroatoms. The summed E-state index contributed by atoms with van der Waals surface area (Å²) < 4.78 is 1.59. The van der Waals surface area contributed by atoms with Crippen molar-refractivity contribution in [2.75, 3.05) is 25.5 Å². The second kappa shape index (κ2) is 9.05. The van der Waals surface area contributed by atoms with Gasteiger partial charge < -0.3 is 20.2 Å². The van der Waals surface area contributed by atoms with Gasteiger partial charge in [-0.05, 0) is 17.5 Å². The molecular weight excluding hydrogens is 396 g/mol. The van der Waals surface area contributed by atoms with E-state index in [1.54, 1.807) is 10.9 Å². The monoisotopic (exact) mass is 428 g/mol. The fourth-order valence-electron chi connectivity index (χ4n) is 4.04. The highest BCUT2D eigenvalue weighted by molar-refractivity contribution is 5.90. The van der Waals surface area contributed by atoms with Gasteiger partial charge in [-0.1, -0.05) is 44.2 Å². The van der Waals surface area contributed by atoms with Crippen molar-refractivity contribution >= 4 is 17.5 Å². The normalized spacial score (nSPS) is 19.9. The maximum atomic E-state index is 13.6. The van der Waals surface area contributed by atoms with Crippen LogP contribution >= 0.6 is 0 Å². The van der Waals surface area contributed by atoms with E-state index in [0.717, 1.165) is 11.4 Å². The molecule has 3 rings (SSSR count). The third-order valence-electron chi connectivity index (χ3n) is 5.58.